The van der Waals surface area contributed by atoms with Crippen LogP contribution in [-0.2, 0) is 14.3 Å². The molecule has 4 rings (SSSR count). The number of rotatable bonds is 1. The van der Waals surface area contributed by atoms with Crippen molar-refractivity contribution in [3.8, 4) is 0 Å². The molecule has 1 unspecified atom stereocenters. The topological polar surface area (TPSA) is 68.2 Å². The van der Waals surface area contributed by atoms with Gasteiger partial charge < -0.3 is 15.2 Å². The van der Waals surface area contributed by atoms with Crippen LogP contribution in [0.25, 0.3) is 0 Å². The number of carbonyl (C=O) groups excluding carboxylic acids is 1. The zero-order valence-electron chi connectivity index (χ0n) is 6.34. The maximum atomic E-state index is 11.0. The molecule has 0 bridgehead atoms. The zero-order valence-corrected chi connectivity index (χ0v) is 6.34. The van der Waals surface area contributed by atoms with Gasteiger partial charge in [0.05, 0.1) is 12.2 Å². The predicted molar refractivity (Wildman–Crippen MR) is 37.0 cm³/mol. The fourth-order valence-electron chi connectivity index (χ4n) is 3.01. The van der Waals surface area contributed by atoms with Gasteiger partial charge in [-0.15, -0.1) is 0 Å². The van der Waals surface area contributed by atoms with Gasteiger partial charge in [0, 0.05) is 17.8 Å². The highest BCUT2D eigenvalue weighted by Crippen LogP contribution is 2.67. The van der Waals surface area contributed by atoms with E-state index in [-0.39, 0.29) is 11.8 Å². The summed E-state index contributed by atoms with van der Waals surface area (Å²) in [7, 11) is 0. The maximum absolute atomic E-state index is 11.0. The molecule has 4 fully saturated rings. The van der Waals surface area contributed by atoms with E-state index in [4.69, 9.17) is 15.2 Å². The molecule has 1 amide bonds. The van der Waals surface area contributed by atoms with Gasteiger partial charge >= 0.3 is 0 Å². The van der Waals surface area contributed by atoms with Crippen molar-refractivity contribution in [3.63, 3.8) is 0 Å². The molecule has 2 saturated carbocycles. The van der Waals surface area contributed by atoms with Gasteiger partial charge in [-0.05, 0) is 0 Å². The summed E-state index contributed by atoms with van der Waals surface area (Å²) in [5.74, 6) is 0.681. The Bertz CT molecular complexity index is 270. The van der Waals surface area contributed by atoms with E-state index in [1.54, 1.807) is 0 Å². The molecule has 4 nitrogen and oxygen atoms in total. The lowest BCUT2D eigenvalue weighted by atomic mass is 10.0. The van der Waals surface area contributed by atoms with Crippen LogP contribution in [-0.4, -0.2) is 30.3 Å². The predicted octanol–water partition coefficient (Wildman–Crippen LogP) is -1.12. The first-order chi connectivity index (χ1) is 5.79. The minimum Gasteiger partial charge on any atom is -0.369 e. The summed E-state index contributed by atoms with van der Waals surface area (Å²) in [6.45, 7) is 0. The maximum Gasteiger partial charge on any atom is 0.221 e. The monoisotopic (exact) mass is 167 g/mol. The summed E-state index contributed by atoms with van der Waals surface area (Å²) in [5, 5.41) is 0. The third-order valence-corrected chi connectivity index (χ3v) is 3.67. The first-order valence-electron chi connectivity index (χ1n) is 4.39. The second-order valence-corrected chi connectivity index (χ2v) is 4.21. The van der Waals surface area contributed by atoms with Crippen LogP contribution in [0.1, 0.15) is 0 Å². The number of amides is 1. The van der Waals surface area contributed by atoms with Crippen LogP contribution in [0.2, 0.25) is 0 Å². The zero-order chi connectivity index (χ0) is 8.03. The molecule has 0 aromatic rings. The van der Waals surface area contributed by atoms with Crippen LogP contribution >= 0.6 is 0 Å². The van der Waals surface area contributed by atoms with E-state index in [9.17, 15) is 4.79 Å². The van der Waals surface area contributed by atoms with E-state index >= 15 is 0 Å². The Morgan fingerprint density at radius 3 is 1.92 bits per heavy atom. The fraction of sp³-hybridized carbons (Fsp3) is 0.875. The molecule has 2 saturated heterocycles. The average Bonchev–Trinajstić information content (AvgIpc) is 2.86. The summed E-state index contributed by atoms with van der Waals surface area (Å²) in [6.07, 6.45) is 1.22. The van der Waals surface area contributed by atoms with E-state index in [1.165, 1.54) is 0 Å². The molecule has 2 aliphatic carbocycles. The van der Waals surface area contributed by atoms with Crippen molar-refractivity contribution in [2.45, 2.75) is 24.4 Å². The standard InChI is InChI=1S/C8H9NO3/c9-8(10)3-1-2(3)5-7(12-5)6-4(1)11-6/h1-7H,(H2,9,10)/t1-,2+,3?,4-,5+,6-,7+. The average molecular weight is 167 g/mol. The van der Waals surface area contributed by atoms with Crippen LogP contribution < -0.4 is 5.73 Å². The van der Waals surface area contributed by atoms with Gasteiger partial charge in [0.2, 0.25) is 5.91 Å². The highest BCUT2D eigenvalue weighted by Gasteiger charge is 2.80. The largest absolute Gasteiger partial charge is 0.369 e. The van der Waals surface area contributed by atoms with E-state index in [0.29, 0.717) is 36.3 Å². The summed E-state index contributed by atoms with van der Waals surface area (Å²) in [4.78, 5) is 11.0. The molecule has 0 radical (unpaired) electrons. The van der Waals surface area contributed by atoms with Crippen LogP contribution in [0.5, 0.6) is 0 Å². The first-order valence-corrected chi connectivity index (χ1v) is 4.39. The van der Waals surface area contributed by atoms with Crippen molar-refractivity contribution in [1.29, 1.82) is 0 Å². The minimum absolute atomic E-state index is 0.0532. The molecule has 4 aliphatic rings. The lowest BCUT2D eigenvalue weighted by Gasteiger charge is -1.93. The number of hydrogen-bond donors (Lipinski definition) is 1. The lowest BCUT2D eigenvalue weighted by molar-refractivity contribution is -0.119. The number of carbonyl (C=O) groups is 1. The Morgan fingerprint density at radius 2 is 1.50 bits per heavy atom. The summed E-state index contributed by atoms with van der Waals surface area (Å²) in [6, 6.07) is 0. The van der Waals surface area contributed by atoms with Crippen LogP contribution in [0.15, 0.2) is 0 Å². The number of primary amides is 1. The molecule has 0 spiro atoms. The molecular weight excluding hydrogens is 158 g/mol. The molecule has 4 heteroatoms. The molecular formula is C8H9NO3. The van der Waals surface area contributed by atoms with Crippen molar-refractivity contribution in [2.24, 2.45) is 23.5 Å². The normalized spacial score (nSPS) is 68.8. The Balaban J connectivity index is 1.70. The van der Waals surface area contributed by atoms with Gasteiger partial charge in [-0.2, -0.15) is 0 Å². The third-order valence-electron chi connectivity index (χ3n) is 3.67. The minimum atomic E-state index is -0.171. The van der Waals surface area contributed by atoms with Gasteiger partial charge in [0.1, 0.15) is 12.2 Å². The number of nitrogens with two attached hydrogens (primary N) is 1. The highest BCUT2D eigenvalue weighted by atomic mass is 16.7. The summed E-state index contributed by atoms with van der Waals surface area (Å²) < 4.78 is 10.9. The van der Waals surface area contributed by atoms with Crippen molar-refractivity contribution in [1.82, 2.24) is 0 Å². The third kappa shape index (κ3) is 0.473. The van der Waals surface area contributed by atoms with Gasteiger partial charge in [-0.3, -0.25) is 4.79 Å². The highest BCUT2D eigenvalue weighted by molar-refractivity contribution is 5.81. The van der Waals surface area contributed by atoms with Gasteiger partial charge in [-0.25, -0.2) is 0 Å². The number of ether oxygens (including phenoxy) is 2. The Morgan fingerprint density at radius 1 is 1.00 bits per heavy atom. The quantitative estimate of drug-likeness (QED) is 0.503. The molecule has 2 N–H and O–H groups in total. The number of fused-ring (bicyclic) bond motifs is 6. The van der Waals surface area contributed by atoms with E-state index < -0.39 is 0 Å². The Kier molecular flexibility index (Phi) is 0.703. The molecule has 0 aromatic heterocycles. The first kappa shape index (κ1) is 5.94. The molecule has 2 heterocycles. The fourth-order valence-corrected chi connectivity index (χ4v) is 3.01. The van der Waals surface area contributed by atoms with Crippen molar-refractivity contribution < 1.29 is 14.3 Å². The summed E-state index contributed by atoms with van der Waals surface area (Å²) in [5.41, 5.74) is 5.27. The van der Waals surface area contributed by atoms with E-state index in [0.717, 1.165) is 0 Å². The van der Waals surface area contributed by atoms with Gasteiger partial charge in [0.15, 0.2) is 0 Å². The van der Waals surface area contributed by atoms with Crippen molar-refractivity contribution in [3.05, 3.63) is 0 Å². The number of hydrogen-bond acceptors (Lipinski definition) is 3. The van der Waals surface area contributed by atoms with Crippen molar-refractivity contribution >= 4 is 5.91 Å². The van der Waals surface area contributed by atoms with Crippen LogP contribution in [0, 0.1) is 17.8 Å². The van der Waals surface area contributed by atoms with Gasteiger partial charge in [-0.1, -0.05) is 0 Å². The molecule has 64 valence electrons. The second-order valence-electron chi connectivity index (χ2n) is 4.21. The van der Waals surface area contributed by atoms with Crippen molar-refractivity contribution in [2.75, 3.05) is 0 Å². The van der Waals surface area contributed by atoms with Crippen LogP contribution in [0.4, 0.5) is 0 Å². The summed E-state index contributed by atoms with van der Waals surface area (Å²) >= 11 is 0. The van der Waals surface area contributed by atoms with E-state index in [1.807, 2.05) is 0 Å². The lowest BCUT2D eigenvalue weighted by Crippen LogP contribution is -2.16. The molecule has 0 aromatic carbocycles. The SMILES string of the molecule is NC(=O)C1[C@@H]2[C@H]3O[C@H]3[C@H]3O[C@H]3[C@H]12. The Hall–Kier alpha value is -0.610. The number of epoxide rings is 2. The molecule has 2 aliphatic heterocycles. The molecule has 12 heavy (non-hydrogen) atoms. The van der Waals surface area contributed by atoms with E-state index in [2.05, 4.69) is 0 Å². The van der Waals surface area contributed by atoms with Crippen LogP contribution in [0.3, 0.4) is 0 Å². The molecule has 7 atom stereocenters. The Labute approximate surface area is 69.0 Å². The smallest absolute Gasteiger partial charge is 0.221 e. The van der Waals surface area contributed by atoms with Gasteiger partial charge in [0.25, 0.3) is 0 Å². The second kappa shape index (κ2) is 1.42.